The number of benzene rings is 3. The predicted octanol–water partition coefficient (Wildman–Crippen LogP) is 8.83. The van der Waals surface area contributed by atoms with Crippen molar-refractivity contribution in [1.82, 2.24) is 10.2 Å². The van der Waals surface area contributed by atoms with Crippen molar-refractivity contribution in [3.05, 3.63) is 95.2 Å². The molecule has 2 heterocycles. The minimum atomic E-state index is -2.71. The van der Waals surface area contributed by atoms with Gasteiger partial charge in [0.2, 0.25) is 0 Å². The molecule has 3 aromatic carbocycles. The molecule has 0 saturated carbocycles. The fourth-order valence-electron chi connectivity index (χ4n) is 4.95. The summed E-state index contributed by atoms with van der Waals surface area (Å²) in [6.45, 7) is 5.66. The third-order valence-corrected chi connectivity index (χ3v) is 7.37. The number of carbonyl (C=O) groups excluding carboxylic acids is 2. The average Bonchev–Trinajstić information content (AvgIpc) is 3.44. The van der Waals surface area contributed by atoms with Crippen LogP contribution in [0.5, 0.6) is 0 Å². The molecule has 224 valence electrons. The number of halogens is 3. The maximum atomic E-state index is 13.5. The van der Waals surface area contributed by atoms with Gasteiger partial charge in [0.15, 0.2) is 0 Å². The molecule has 1 N–H and O–H groups in total. The first-order chi connectivity index (χ1) is 20.4. The standard InChI is InChI=1S/C34H33ClF2N2O4/c1-33(2,3)43-32(41)38-21-27-12-14-30(42-27)28-13-11-24(20-29(28)25-5-4-6-26(35)19-25)22-7-9-23(10-8-22)31(40)39-17-15-34(36,37)16-18-39/h4-14,19-20H,15-18,21H2,1-3H3,(H,38,41). The molecule has 0 radical (unpaired) electrons. The van der Waals surface area contributed by atoms with E-state index in [1.807, 2.05) is 60.7 Å². The van der Waals surface area contributed by atoms with E-state index in [9.17, 15) is 18.4 Å². The Bertz CT molecular complexity index is 1620. The highest BCUT2D eigenvalue weighted by molar-refractivity contribution is 6.30. The zero-order valence-corrected chi connectivity index (χ0v) is 25.0. The largest absolute Gasteiger partial charge is 0.459 e. The van der Waals surface area contributed by atoms with E-state index < -0.39 is 17.6 Å². The van der Waals surface area contributed by atoms with Crippen LogP contribution in [0, 0.1) is 0 Å². The van der Waals surface area contributed by atoms with Crippen molar-refractivity contribution in [1.29, 1.82) is 0 Å². The van der Waals surface area contributed by atoms with Crippen molar-refractivity contribution in [2.75, 3.05) is 13.1 Å². The molecule has 0 atom stereocenters. The van der Waals surface area contributed by atoms with Crippen LogP contribution < -0.4 is 5.32 Å². The second-order valence-electron chi connectivity index (χ2n) is 11.6. The van der Waals surface area contributed by atoms with Crippen molar-refractivity contribution in [3.63, 3.8) is 0 Å². The van der Waals surface area contributed by atoms with Crippen LogP contribution in [-0.4, -0.2) is 41.5 Å². The Labute approximate surface area is 254 Å². The first-order valence-corrected chi connectivity index (χ1v) is 14.5. The first-order valence-electron chi connectivity index (χ1n) is 14.1. The Morgan fingerprint density at radius 3 is 2.28 bits per heavy atom. The molecule has 1 fully saturated rings. The zero-order chi connectivity index (χ0) is 30.8. The molecule has 1 aliphatic rings. The molecule has 2 amide bonds. The van der Waals surface area contributed by atoms with Crippen LogP contribution in [0.15, 0.2) is 83.3 Å². The monoisotopic (exact) mass is 606 g/mol. The van der Waals surface area contributed by atoms with Crippen molar-refractivity contribution in [2.45, 2.75) is 51.7 Å². The normalized spacial score (nSPS) is 14.8. The van der Waals surface area contributed by atoms with Gasteiger partial charge in [0, 0.05) is 42.1 Å². The van der Waals surface area contributed by atoms with E-state index in [1.54, 1.807) is 39.0 Å². The quantitative estimate of drug-likeness (QED) is 0.238. The van der Waals surface area contributed by atoms with Gasteiger partial charge < -0.3 is 19.4 Å². The fraction of sp³-hybridized carbons (Fsp3) is 0.294. The van der Waals surface area contributed by atoms with E-state index in [4.69, 9.17) is 20.8 Å². The number of nitrogens with one attached hydrogen (secondary N) is 1. The summed E-state index contributed by atoms with van der Waals surface area (Å²) in [5, 5.41) is 3.30. The molecule has 1 aliphatic heterocycles. The summed E-state index contributed by atoms with van der Waals surface area (Å²) in [5.74, 6) is -1.76. The second kappa shape index (κ2) is 12.2. The van der Waals surface area contributed by atoms with Crippen LogP contribution in [0.1, 0.15) is 49.7 Å². The topological polar surface area (TPSA) is 71.8 Å². The molecule has 6 nitrogen and oxygen atoms in total. The minimum absolute atomic E-state index is 0.0452. The van der Waals surface area contributed by atoms with Crippen LogP contribution in [0.4, 0.5) is 13.6 Å². The molecule has 1 saturated heterocycles. The lowest BCUT2D eigenvalue weighted by atomic mass is 9.93. The van der Waals surface area contributed by atoms with Crippen molar-refractivity contribution < 1.29 is 27.5 Å². The Hall–Kier alpha value is -4.17. The number of amides is 2. The molecular formula is C34H33ClF2N2O4. The zero-order valence-electron chi connectivity index (χ0n) is 24.3. The number of hydrogen-bond acceptors (Lipinski definition) is 4. The van der Waals surface area contributed by atoms with E-state index in [0.717, 1.165) is 27.8 Å². The molecule has 9 heteroatoms. The van der Waals surface area contributed by atoms with E-state index in [1.165, 1.54) is 4.90 Å². The number of furan rings is 1. The van der Waals surface area contributed by atoms with Gasteiger partial charge in [-0.2, -0.15) is 0 Å². The smallest absolute Gasteiger partial charge is 0.408 e. The highest BCUT2D eigenvalue weighted by Gasteiger charge is 2.35. The minimum Gasteiger partial charge on any atom is -0.459 e. The maximum absolute atomic E-state index is 13.5. The summed E-state index contributed by atoms with van der Waals surface area (Å²) in [6.07, 6.45) is -1.15. The molecule has 0 aliphatic carbocycles. The molecule has 0 unspecified atom stereocenters. The van der Waals surface area contributed by atoms with Gasteiger partial charge >= 0.3 is 6.09 Å². The summed E-state index contributed by atoms with van der Waals surface area (Å²) in [5.41, 5.74) is 4.27. The average molecular weight is 607 g/mol. The van der Waals surface area contributed by atoms with Gasteiger partial charge in [-0.25, -0.2) is 13.6 Å². The molecule has 5 rings (SSSR count). The molecule has 0 spiro atoms. The Morgan fingerprint density at radius 1 is 0.907 bits per heavy atom. The Kier molecular flexibility index (Phi) is 8.60. The highest BCUT2D eigenvalue weighted by Crippen LogP contribution is 2.37. The lowest BCUT2D eigenvalue weighted by Gasteiger charge is -2.31. The fourth-order valence-corrected chi connectivity index (χ4v) is 5.14. The van der Waals surface area contributed by atoms with Gasteiger partial charge in [-0.15, -0.1) is 0 Å². The predicted molar refractivity (Wildman–Crippen MR) is 163 cm³/mol. The number of rotatable bonds is 6. The Balaban J connectivity index is 1.39. The van der Waals surface area contributed by atoms with E-state index in [2.05, 4.69) is 5.32 Å². The van der Waals surface area contributed by atoms with Gasteiger partial charge in [0.05, 0.1) is 6.54 Å². The number of ether oxygens (including phenoxy) is 1. The van der Waals surface area contributed by atoms with Crippen LogP contribution in [0.3, 0.4) is 0 Å². The van der Waals surface area contributed by atoms with Gasteiger partial charge in [-0.05, 0) is 91.6 Å². The number of alkyl halides is 2. The molecule has 43 heavy (non-hydrogen) atoms. The van der Waals surface area contributed by atoms with Crippen molar-refractivity contribution in [2.24, 2.45) is 0 Å². The first kappa shape index (κ1) is 30.3. The highest BCUT2D eigenvalue weighted by atomic mass is 35.5. The number of nitrogens with zero attached hydrogens (tertiary/aromatic N) is 1. The van der Waals surface area contributed by atoms with Crippen molar-refractivity contribution in [3.8, 4) is 33.6 Å². The van der Waals surface area contributed by atoms with Crippen LogP contribution >= 0.6 is 11.6 Å². The molecule has 1 aromatic heterocycles. The molecule has 0 bridgehead atoms. The number of piperidine rings is 1. The number of alkyl carbamates (subject to hydrolysis) is 1. The van der Waals surface area contributed by atoms with Crippen molar-refractivity contribution >= 4 is 23.6 Å². The van der Waals surface area contributed by atoms with Gasteiger partial charge in [0.25, 0.3) is 11.8 Å². The van der Waals surface area contributed by atoms with E-state index >= 15 is 0 Å². The Morgan fingerprint density at radius 2 is 1.60 bits per heavy atom. The molecule has 4 aromatic rings. The van der Waals surface area contributed by atoms with E-state index in [-0.39, 0.29) is 38.4 Å². The summed E-state index contributed by atoms with van der Waals surface area (Å²) in [4.78, 5) is 26.5. The van der Waals surface area contributed by atoms with Crippen LogP contribution in [-0.2, 0) is 11.3 Å². The lowest BCUT2D eigenvalue weighted by molar-refractivity contribution is -0.0494. The number of likely N-dealkylation sites (tertiary alicyclic amines) is 1. The number of hydrogen-bond donors (Lipinski definition) is 1. The summed E-state index contributed by atoms with van der Waals surface area (Å²) >= 11 is 6.34. The molecular weight excluding hydrogens is 574 g/mol. The summed E-state index contributed by atoms with van der Waals surface area (Å²) in [7, 11) is 0. The van der Waals surface area contributed by atoms with Gasteiger partial charge in [0.1, 0.15) is 17.1 Å². The maximum Gasteiger partial charge on any atom is 0.408 e. The van der Waals surface area contributed by atoms with Gasteiger partial charge in [-0.1, -0.05) is 41.9 Å². The van der Waals surface area contributed by atoms with Gasteiger partial charge in [-0.3, -0.25) is 4.79 Å². The van der Waals surface area contributed by atoms with Crippen LogP contribution in [0.25, 0.3) is 33.6 Å². The van der Waals surface area contributed by atoms with E-state index in [0.29, 0.717) is 22.1 Å². The lowest BCUT2D eigenvalue weighted by Crippen LogP contribution is -2.42. The van der Waals surface area contributed by atoms with Crippen LogP contribution in [0.2, 0.25) is 5.02 Å². The third kappa shape index (κ3) is 7.62. The summed E-state index contributed by atoms with van der Waals surface area (Å²) in [6, 6.07) is 24.3. The third-order valence-electron chi connectivity index (χ3n) is 7.14. The second-order valence-corrected chi connectivity index (χ2v) is 12.1. The SMILES string of the molecule is CC(C)(C)OC(=O)NCc1ccc(-c2ccc(-c3ccc(C(=O)N4CCC(F)(F)CC4)cc3)cc2-c2cccc(Cl)c2)o1. The number of carbonyl (C=O) groups is 2. The summed E-state index contributed by atoms with van der Waals surface area (Å²) < 4.78 is 38.5.